The number of morpholine rings is 1. The summed E-state index contributed by atoms with van der Waals surface area (Å²) in [6.45, 7) is 4.34. The fraction of sp³-hybridized carbons (Fsp3) is 0.500. The summed E-state index contributed by atoms with van der Waals surface area (Å²) in [7, 11) is 0. The number of aromatic nitrogens is 1. The van der Waals surface area contributed by atoms with E-state index in [1.165, 1.54) is 0 Å². The third kappa shape index (κ3) is 3.90. The zero-order chi connectivity index (χ0) is 14.5. The van der Waals surface area contributed by atoms with E-state index in [2.05, 4.69) is 20.9 Å². The van der Waals surface area contributed by atoms with E-state index in [1.54, 1.807) is 24.0 Å². The number of ether oxygens (including phenoxy) is 1. The van der Waals surface area contributed by atoms with Gasteiger partial charge in [0.25, 0.3) is 0 Å². The second-order valence-electron chi connectivity index (χ2n) is 4.77. The molecule has 5 nitrogen and oxygen atoms in total. The molecule has 0 aromatic carbocycles. The Labute approximate surface area is 132 Å². The molecule has 1 saturated heterocycles. The number of hydrogen-bond donors (Lipinski definition) is 0. The number of rotatable bonds is 3. The van der Waals surface area contributed by atoms with Crippen LogP contribution in [0.4, 0.5) is 0 Å². The van der Waals surface area contributed by atoms with Crippen molar-refractivity contribution in [2.75, 3.05) is 38.6 Å². The van der Waals surface area contributed by atoms with Gasteiger partial charge in [-0.15, -0.1) is 11.8 Å². The molecule has 0 saturated carbocycles. The van der Waals surface area contributed by atoms with Crippen molar-refractivity contribution in [2.24, 2.45) is 4.99 Å². The van der Waals surface area contributed by atoms with E-state index in [0.717, 1.165) is 48.8 Å². The van der Waals surface area contributed by atoms with Crippen LogP contribution >= 0.6 is 23.5 Å². The molecule has 0 radical (unpaired) electrons. The molecule has 3 rings (SSSR count). The number of hydrogen-bond acceptors (Lipinski definition) is 7. The Morgan fingerprint density at radius 3 is 3.14 bits per heavy atom. The standard InChI is InChI=1S/C14H16N4OS2/c15-8-11-1-2-16-13(7-11)20-10-12-9-17-14(21-12)18-3-5-19-6-4-18/h1-2,7,12H,3-6,9-10H2. The van der Waals surface area contributed by atoms with Gasteiger partial charge in [0.1, 0.15) is 0 Å². The van der Waals surface area contributed by atoms with Crippen LogP contribution in [0.1, 0.15) is 5.56 Å². The van der Waals surface area contributed by atoms with Crippen LogP contribution in [0.25, 0.3) is 0 Å². The van der Waals surface area contributed by atoms with Crippen molar-refractivity contribution in [1.82, 2.24) is 9.88 Å². The average Bonchev–Trinajstić information content (AvgIpc) is 3.03. The molecule has 0 amide bonds. The Balaban J connectivity index is 1.48. The van der Waals surface area contributed by atoms with Crippen LogP contribution in [0.15, 0.2) is 28.3 Å². The highest BCUT2D eigenvalue weighted by atomic mass is 32.2. The van der Waals surface area contributed by atoms with Crippen LogP contribution in [-0.2, 0) is 4.74 Å². The molecule has 0 bridgehead atoms. The van der Waals surface area contributed by atoms with Crippen molar-refractivity contribution in [1.29, 1.82) is 5.26 Å². The van der Waals surface area contributed by atoms with Crippen molar-refractivity contribution in [3.63, 3.8) is 0 Å². The molecule has 1 fully saturated rings. The maximum Gasteiger partial charge on any atom is 0.159 e. The molecule has 2 aliphatic rings. The zero-order valence-electron chi connectivity index (χ0n) is 11.6. The lowest BCUT2D eigenvalue weighted by atomic mass is 10.3. The first-order chi connectivity index (χ1) is 10.3. The van der Waals surface area contributed by atoms with Gasteiger partial charge in [-0.05, 0) is 12.1 Å². The molecule has 2 aliphatic heterocycles. The van der Waals surface area contributed by atoms with Crippen LogP contribution < -0.4 is 0 Å². The van der Waals surface area contributed by atoms with E-state index in [4.69, 9.17) is 10.00 Å². The van der Waals surface area contributed by atoms with Crippen LogP contribution in [0.5, 0.6) is 0 Å². The molecule has 3 heterocycles. The largest absolute Gasteiger partial charge is 0.378 e. The fourth-order valence-electron chi connectivity index (χ4n) is 2.16. The van der Waals surface area contributed by atoms with Crippen molar-refractivity contribution in [2.45, 2.75) is 10.3 Å². The molecule has 0 N–H and O–H groups in total. The van der Waals surface area contributed by atoms with Gasteiger partial charge >= 0.3 is 0 Å². The van der Waals surface area contributed by atoms with Gasteiger partial charge < -0.3 is 9.64 Å². The first-order valence-corrected chi connectivity index (χ1v) is 8.74. The fourth-order valence-corrected chi connectivity index (χ4v) is 4.37. The van der Waals surface area contributed by atoms with Gasteiger partial charge in [0.2, 0.25) is 0 Å². The molecule has 0 spiro atoms. The number of aliphatic imine (C=N–C) groups is 1. The predicted octanol–water partition coefficient (Wildman–Crippen LogP) is 1.85. The summed E-state index contributed by atoms with van der Waals surface area (Å²) in [5.74, 6) is 0.962. The van der Waals surface area contributed by atoms with Crippen LogP contribution in [-0.4, -0.2) is 58.9 Å². The SMILES string of the molecule is N#Cc1ccnc(SCC2CN=C(N3CCOCC3)S2)c1. The van der Waals surface area contributed by atoms with E-state index in [1.807, 2.05) is 17.8 Å². The maximum absolute atomic E-state index is 8.90. The predicted molar refractivity (Wildman–Crippen MR) is 85.7 cm³/mol. The highest BCUT2D eigenvalue weighted by Gasteiger charge is 2.25. The lowest BCUT2D eigenvalue weighted by molar-refractivity contribution is 0.0693. The van der Waals surface area contributed by atoms with E-state index >= 15 is 0 Å². The highest BCUT2D eigenvalue weighted by molar-refractivity contribution is 8.15. The topological polar surface area (TPSA) is 61.5 Å². The number of thioether (sulfide) groups is 2. The minimum atomic E-state index is 0.486. The van der Waals surface area contributed by atoms with Gasteiger partial charge in [-0.2, -0.15) is 5.26 Å². The highest BCUT2D eigenvalue weighted by Crippen LogP contribution is 2.29. The summed E-state index contributed by atoms with van der Waals surface area (Å²) in [4.78, 5) is 11.3. The minimum absolute atomic E-state index is 0.486. The van der Waals surface area contributed by atoms with E-state index in [9.17, 15) is 0 Å². The van der Waals surface area contributed by atoms with Crippen LogP contribution in [0.2, 0.25) is 0 Å². The number of nitrogens with zero attached hydrogens (tertiary/aromatic N) is 4. The van der Waals surface area contributed by atoms with Gasteiger partial charge in [-0.25, -0.2) is 4.98 Å². The van der Waals surface area contributed by atoms with Gasteiger partial charge in [-0.1, -0.05) is 11.8 Å². The quantitative estimate of drug-likeness (QED) is 0.792. The van der Waals surface area contributed by atoms with Gasteiger partial charge in [0, 0.05) is 30.3 Å². The van der Waals surface area contributed by atoms with Gasteiger partial charge in [0.05, 0.1) is 36.4 Å². The summed E-state index contributed by atoms with van der Waals surface area (Å²) in [6, 6.07) is 5.72. The number of nitriles is 1. The van der Waals surface area contributed by atoms with Gasteiger partial charge in [0.15, 0.2) is 5.17 Å². The second-order valence-corrected chi connectivity index (χ2v) is 7.08. The molecule has 1 aromatic heterocycles. The summed E-state index contributed by atoms with van der Waals surface area (Å²) in [5.41, 5.74) is 0.664. The first-order valence-electron chi connectivity index (χ1n) is 6.88. The molecule has 0 aliphatic carbocycles. The molecule has 1 atom stereocenters. The number of pyridine rings is 1. The zero-order valence-corrected chi connectivity index (χ0v) is 13.2. The molecular formula is C14H16N4OS2. The Morgan fingerprint density at radius 1 is 1.48 bits per heavy atom. The molecule has 110 valence electrons. The van der Waals surface area contributed by atoms with Crippen molar-refractivity contribution < 1.29 is 4.74 Å². The smallest absolute Gasteiger partial charge is 0.159 e. The van der Waals surface area contributed by atoms with E-state index < -0.39 is 0 Å². The summed E-state index contributed by atoms with van der Waals surface area (Å²) in [5, 5.41) is 11.4. The number of amidine groups is 1. The molecule has 1 aromatic rings. The average molecular weight is 320 g/mol. The third-order valence-electron chi connectivity index (χ3n) is 3.26. The minimum Gasteiger partial charge on any atom is -0.378 e. The Kier molecular flexibility index (Phi) is 5.01. The lowest BCUT2D eigenvalue weighted by Gasteiger charge is -2.28. The van der Waals surface area contributed by atoms with E-state index in [0.29, 0.717) is 10.8 Å². The lowest BCUT2D eigenvalue weighted by Crippen LogP contribution is -2.39. The summed E-state index contributed by atoms with van der Waals surface area (Å²) in [6.07, 6.45) is 1.69. The van der Waals surface area contributed by atoms with Gasteiger partial charge in [-0.3, -0.25) is 4.99 Å². The molecular weight excluding hydrogens is 304 g/mol. The van der Waals surface area contributed by atoms with E-state index in [-0.39, 0.29) is 0 Å². The maximum atomic E-state index is 8.90. The molecule has 21 heavy (non-hydrogen) atoms. The van der Waals surface area contributed by atoms with Crippen LogP contribution in [0.3, 0.4) is 0 Å². The van der Waals surface area contributed by atoms with Crippen LogP contribution in [0, 0.1) is 11.3 Å². The van der Waals surface area contributed by atoms with Crippen molar-refractivity contribution in [3.8, 4) is 6.07 Å². The molecule has 1 unspecified atom stereocenters. The second kappa shape index (κ2) is 7.16. The normalized spacial score (nSPS) is 22.0. The monoisotopic (exact) mass is 320 g/mol. The molecule has 7 heteroatoms. The Bertz CT molecular complexity index is 566. The third-order valence-corrected chi connectivity index (χ3v) is 5.81. The Hall–Kier alpha value is -1.23. The van der Waals surface area contributed by atoms with Crippen molar-refractivity contribution >= 4 is 28.7 Å². The summed E-state index contributed by atoms with van der Waals surface area (Å²) < 4.78 is 5.37. The first kappa shape index (κ1) is 14.7. The Morgan fingerprint density at radius 2 is 2.33 bits per heavy atom. The summed E-state index contributed by atoms with van der Waals surface area (Å²) >= 11 is 3.55. The van der Waals surface area contributed by atoms with Crippen molar-refractivity contribution in [3.05, 3.63) is 23.9 Å².